The predicted molar refractivity (Wildman–Crippen MR) is 100 cm³/mol. The Bertz CT molecular complexity index is 636. The van der Waals surface area contributed by atoms with Gasteiger partial charge in [-0.05, 0) is 32.6 Å². The van der Waals surface area contributed by atoms with Gasteiger partial charge < -0.3 is 26.0 Å². The van der Waals surface area contributed by atoms with E-state index in [-0.39, 0.29) is 11.8 Å². The molecule has 10 nitrogen and oxygen atoms in total. The molecular weight excluding hydrogens is 368 g/mol. The summed E-state index contributed by atoms with van der Waals surface area (Å²) in [5.41, 5.74) is 0. The number of carboxylic acid groups (broad SMARTS) is 1. The molecule has 0 radical (unpaired) electrons. The summed E-state index contributed by atoms with van der Waals surface area (Å²) < 4.78 is 0. The molecule has 158 valence electrons. The fourth-order valence-corrected chi connectivity index (χ4v) is 3.09. The molecule has 0 spiro atoms. The molecular formula is C18H30N4O6. The third kappa shape index (κ3) is 6.21. The molecule has 0 unspecified atom stereocenters. The summed E-state index contributed by atoms with van der Waals surface area (Å²) in [5, 5.41) is 16.7. The Labute approximate surface area is 164 Å². The van der Waals surface area contributed by atoms with E-state index in [4.69, 9.17) is 0 Å². The number of carbonyl (C=O) groups is 5. The first-order valence-electron chi connectivity index (χ1n) is 9.36. The highest BCUT2D eigenvalue weighted by atomic mass is 16.4. The molecule has 1 heterocycles. The van der Waals surface area contributed by atoms with E-state index >= 15 is 0 Å². The molecule has 1 aliphatic heterocycles. The molecule has 0 aromatic carbocycles. The normalized spacial score (nSPS) is 19.5. The minimum absolute atomic E-state index is 0.305. The largest absolute Gasteiger partial charge is 0.480 e. The van der Waals surface area contributed by atoms with Crippen LogP contribution in [0.3, 0.4) is 0 Å². The zero-order chi connectivity index (χ0) is 21.6. The standard InChI is InChI=1S/C18H30N4O6/c1-9(2)14(18(27)28)21-16(25)13-7-6-8-22(13)17(26)11(4)20-15(24)10(3)19-12(5)23/h9-11,13-14H,6-8H2,1-5H3,(H,19,23)(H,20,24)(H,21,25)(H,27,28)/t10-,11-,13-,14-/m0/s1. The number of aliphatic carboxylic acids is 1. The number of carbonyl (C=O) groups excluding carboxylic acids is 4. The van der Waals surface area contributed by atoms with Gasteiger partial charge in [-0.3, -0.25) is 19.2 Å². The molecule has 0 aliphatic carbocycles. The number of hydrogen-bond donors (Lipinski definition) is 4. The lowest BCUT2D eigenvalue weighted by atomic mass is 10.0. The van der Waals surface area contributed by atoms with E-state index < -0.39 is 47.9 Å². The van der Waals surface area contributed by atoms with E-state index in [9.17, 15) is 29.1 Å². The Morgan fingerprint density at radius 3 is 2.07 bits per heavy atom. The van der Waals surface area contributed by atoms with E-state index in [0.717, 1.165) is 0 Å². The lowest BCUT2D eigenvalue weighted by Gasteiger charge is -2.29. The summed E-state index contributed by atoms with van der Waals surface area (Å²) in [6, 6.07) is -3.51. The Hall–Kier alpha value is -2.65. The quantitative estimate of drug-likeness (QED) is 0.423. The van der Waals surface area contributed by atoms with E-state index in [1.165, 1.54) is 25.7 Å². The topological polar surface area (TPSA) is 145 Å². The third-order valence-corrected chi connectivity index (χ3v) is 4.61. The average Bonchev–Trinajstić information content (AvgIpc) is 3.06. The summed E-state index contributed by atoms with van der Waals surface area (Å²) in [5.74, 6) is -3.26. The van der Waals surface area contributed by atoms with Crippen LogP contribution >= 0.6 is 0 Å². The van der Waals surface area contributed by atoms with Crippen molar-refractivity contribution in [3.8, 4) is 0 Å². The third-order valence-electron chi connectivity index (χ3n) is 4.61. The van der Waals surface area contributed by atoms with Crippen LogP contribution in [0.15, 0.2) is 0 Å². The minimum Gasteiger partial charge on any atom is -0.480 e. The van der Waals surface area contributed by atoms with Crippen molar-refractivity contribution < 1.29 is 29.1 Å². The number of likely N-dealkylation sites (tertiary alicyclic amines) is 1. The van der Waals surface area contributed by atoms with E-state index in [2.05, 4.69) is 16.0 Å². The van der Waals surface area contributed by atoms with Crippen molar-refractivity contribution in [1.82, 2.24) is 20.9 Å². The Kier molecular flexibility index (Phi) is 8.39. The van der Waals surface area contributed by atoms with Crippen LogP contribution in [-0.4, -0.2) is 70.3 Å². The second-order valence-corrected chi connectivity index (χ2v) is 7.41. The lowest BCUT2D eigenvalue weighted by Crippen LogP contribution is -2.56. The molecule has 0 aromatic rings. The van der Waals surface area contributed by atoms with Crippen LogP contribution in [0.1, 0.15) is 47.5 Å². The van der Waals surface area contributed by atoms with Gasteiger partial charge in [-0.1, -0.05) is 13.8 Å². The van der Waals surface area contributed by atoms with Crippen LogP contribution in [0.4, 0.5) is 0 Å². The van der Waals surface area contributed by atoms with Gasteiger partial charge in [-0.15, -0.1) is 0 Å². The van der Waals surface area contributed by atoms with Crippen LogP contribution in [0.2, 0.25) is 0 Å². The number of nitrogens with zero attached hydrogens (tertiary/aromatic N) is 1. The highest BCUT2D eigenvalue weighted by Crippen LogP contribution is 2.19. The van der Waals surface area contributed by atoms with Crippen LogP contribution in [0.5, 0.6) is 0 Å². The smallest absolute Gasteiger partial charge is 0.326 e. The highest BCUT2D eigenvalue weighted by molar-refractivity contribution is 5.95. The first-order valence-corrected chi connectivity index (χ1v) is 9.36. The van der Waals surface area contributed by atoms with Gasteiger partial charge >= 0.3 is 5.97 Å². The number of rotatable bonds is 8. The van der Waals surface area contributed by atoms with Crippen LogP contribution in [-0.2, 0) is 24.0 Å². The monoisotopic (exact) mass is 398 g/mol. The van der Waals surface area contributed by atoms with Crippen LogP contribution in [0, 0.1) is 5.92 Å². The van der Waals surface area contributed by atoms with Gasteiger partial charge in [0.2, 0.25) is 23.6 Å². The van der Waals surface area contributed by atoms with Crippen molar-refractivity contribution in [2.75, 3.05) is 6.54 Å². The average molecular weight is 398 g/mol. The maximum Gasteiger partial charge on any atom is 0.326 e. The number of nitrogens with one attached hydrogen (secondary N) is 3. The molecule has 4 amide bonds. The molecule has 0 aromatic heterocycles. The Balaban J connectivity index is 2.75. The first kappa shape index (κ1) is 23.4. The molecule has 28 heavy (non-hydrogen) atoms. The zero-order valence-corrected chi connectivity index (χ0v) is 16.9. The van der Waals surface area contributed by atoms with Crippen LogP contribution < -0.4 is 16.0 Å². The summed E-state index contributed by atoms with van der Waals surface area (Å²) in [6.45, 7) is 8.00. The zero-order valence-electron chi connectivity index (χ0n) is 16.9. The lowest BCUT2D eigenvalue weighted by molar-refractivity contribution is -0.145. The van der Waals surface area contributed by atoms with Gasteiger partial charge in [0.05, 0.1) is 0 Å². The summed E-state index contributed by atoms with van der Waals surface area (Å²) >= 11 is 0. The Morgan fingerprint density at radius 1 is 0.964 bits per heavy atom. The van der Waals surface area contributed by atoms with Gasteiger partial charge in [0, 0.05) is 13.5 Å². The van der Waals surface area contributed by atoms with Gasteiger partial charge in [-0.25, -0.2) is 4.79 Å². The minimum atomic E-state index is -1.13. The summed E-state index contributed by atoms with van der Waals surface area (Å²) in [6.07, 6.45) is 1.02. The van der Waals surface area contributed by atoms with E-state index in [1.54, 1.807) is 13.8 Å². The maximum atomic E-state index is 12.7. The number of amides is 4. The summed E-state index contributed by atoms with van der Waals surface area (Å²) in [4.78, 5) is 61.1. The molecule has 0 saturated carbocycles. The van der Waals surface area contributed by atoms with Crippen LogP contribution in [0.25, 0.3) is 0 Å². The van der Waals surface area contributed by atoms with Crippen molar-refractivity contribution in [3.63, 3.8) is 0 Å². The van der Waals surface area contributed by atoms with Gasteiger partial charge in [-0.2, -0.15) is 0 Å². The fraction of sp³-hybridized carbons (Fsp3) is 0.722. The Morgan fingerprint density at radius 2 is 1.57 bits per heavy atom. The molecule has 1 fully saturated rings. The number of carboxylic acids is 1. The highest BCUT2D eigenvalue weighted by Gasteiger charge is 2.38. The van der Waals surface area contributed by atoms with Crippen molar-refractivity contribution in [2.24, 2.45) is 5.92 Å². The molecule has 1 aliphatic rings. The number of hydrogen-bond acceptors (Lipinski definition) is 5. The van der Waals surface area contributed by atoms with E-state index in [0.29, 0.717) is 19.4 Å². The maximum absolute atomic E-state index is 12.7. The van der Waals surface area contributed by atoms with Crippen molar-refractivity contribution >= 4 is 29.6 Å². The second kappa shape index (κ2) is 10.0. The SMILES string of the molecule is CC(=O)N[C@@H](C)C(=O)N[C@@H](C)C(=O)N1CCC[C@H]1C(=O)N[C@H](C(=O)O)C(C)C. The van der Waals surface area contributed by atoms with Crippen molar-refractivity contribution in [2.45, 2.75) is 71.6 Å². The fourth-order valence-electron chi connectivity index (χ4n) is 3.09. The molecule has 1 saturated heterocycles. The summed E-state index contributed by atoms with van der Waals surface area (Å²) in [7, 11) is 0. The first-order chi connectivity index (χ1) is 13.0. The van der Waals surface area contributed by atoms with Crippen molar-refractivity contribution in [1.29, 1.82) is 0 Å². The second-order valence-electron chi connectivity index (χ2n) is 7.41. The van der Waals surface area contributed by atoms with Gasteiger partial charge in [0.25, 0.3) is 0 Å². The van der Waals surface area contributed by atoms with Crippen molar-refractivity contribution in [3.05, 3.63) is 0 Å². The molecule has 10 heteroatoms. The molecule has 0 bridgehead atoms. The predicted octanol–water partition coefficient (Wildman–Crippen LogP) is -0.768. The van der Waals surface area contributed by atoms with Gasteiger partial charge in [0.1, 0.15) is 24.2 Å². The molecule has 4 N–H and O–H groups in total. The van der Waals surface area contributed by atoms with E-state index in [1.807, 2.05) is 0 Å². The molecule has 4 atom stereocenters. The molecule has 1 rings (SSSR count). The van der Waals surface area contributed by atoms with Gasteiger partial charge in [0.15, 0.2) is 0 Å².